The van der Waals surface area contributed by atoms with Gasteiger partial charge in [0.05, 0.1) is 6.10 Å². The summed E-state index contributed by atoms with van der Waals surface area (Å²) in [6.45, 7) is 8.47. The fraction of sp³-hybridized carbons (Fsp3) is 0.370. The van der Waals surface area contributed by atoms with Crippen LogP contribution in [0, 0.1) is 54.7 Å². The standard InChI is InChI=1S/C29H29F3O5S2.C24H23F3O4S2.CH3O.Na/c1-14-6-7-18(26-15(2)27(35-16(3)33)28(36-17(4)34)29(37-26)38-5)10-19(14)11-21-8-9-24(39-21)20-12-22(30)25(32)23(31)13-20;1-11-3-4-12(23-21(29)20(28)22(30)24(31-23)32-2)7-13(11)8-15-5-6-18(33-15)14-9-16(25)19(27)17(26)10-14;1-2;/h6-10,12-13,15,26-29H,11H2,1-5H3;3-7,9-10,20-24,28-30H,8H2,1-2H3;1H3;/q;;-1;+1/t15-,26?,27+,28-,29+;20-,21-,22+,23?,24-;;/m01../s1. The van der Waals surface area contributed by atoms with Gasteiger partial charge in [-0.1, -0.05) is 43.3 Å². The fourth-order valence-electron chi connectivity index (χ4n) is 8.69. The van der Waals surface area contributed by atoms with Crippen LogP contribution >= 0.6 is 46.2 Å². The minimum absolute atomic E-state index is 0. The molecule has 2 fully saturated rings. The van der Waals surface area contributed by atoms with Gasteiger partial charge in [0, 0.05) is 52.1 Å². The number of benzene rings is 4. The number of aryl methyl sites for hydroxylation is 2. The summed E-state index contributed by atoms with van der Waals surface area (Å²) in [5.74, 6) is -9.15. The molecule has 2 aliphatic rings. The zero-order chi connectivity index (χ0) is 54.3. The molecule has 0 amide bonds. The first-order chi connectivity index (χ1) is 35.2. The number of hydrogen-bond donors (Lipinski definition) is 3. The van der Waals surface area contributed by atoms with Gasteiger partial charge in [-0.3, -0.25) is 9.59 Å². The molecule has 0 spiro atoms. The summed E-state index contributed by atoms with van der Waals surface area (Å²) in [5.41, 5.74) is 4.92. The number of carbonyl (C=O) groups excluding carboxylic acids is 2. The molecule has 0 aliphatic carbocycles. The van der Waals surface area contributed by atoms with Crippen molar-refractivity contribution in [2.24, 2.45) is 5.92 Å². The molecular formula is C54H55F6NaO10S4. The molecule has 3 N–H and O–H groups in total. The third-order valence-corrected chi connectivity index (χ3v) is 16.5. The van der Waals surface area contributed by atoms with Crippen molar-refractivity contribution in [2.45, 2.75) is 101 Å². The van der Waals surface area contributed by atoms with Gasteiger partial charge in [-0.15, -0.1) is 46.2 Å². The van der Waals surface area contributed by atoms with E-state index in [1.807, 2.05) is 75.6 Å². The molecule has 2 unspecified atom stereocenters. The summed E-state index contributed by atoms with van der Waals surface area (Å²) in [4.78, 5) is 26.8. The van der Waals surface area contributed by atoms with E-state index in [1.165, 1.54) is 60.0 Å². The van der Waals surface area contributed by atoms with Crippen molar-refractivity contribution in [3.05, 3.63) is 163 Å². The van der Waals surface area contributed by atoms with Gasteiger partial charge < -0.3 is 39.4 Å². The molecule has 6 aromatic rings. The summed E-state index contributed by atoms with van der Waals surface area (Å²) in [6, 6.07) is 22.8. The Bertz CT molecular complexity index is 2880. The number of ether oxygens (including phenoxy) is 4. The van der Waals surface area contributed by atoms with E-state index in [9.17, 15) is 51.3 Å². The normalized spacial score (nSPS) is 23.2. The van der Waals surface area contributed by atoms with Crippen molar-refractivity contribution in [1.29, 1.82) is 0 Å². The first-order valence-corrected chi connectivity index (χ1v) is 27.2. The molecule has 10 nitrogen and oxygen atoms in total. The molecule has 21 heteroatoms. The van der Waals surface area contributed by atoms with Gasteiger partial charge in [-0.05, 0) is 119 Å². The van der Waals surface area contributed by atoms with Gasteiger partial charge in [0.1, 0.15) is 41.4 Å². The summed E-state index contributed by atoms with van der Waals surface area (Å²) in [7, 11) is 0.750. The zero-order valence-corrected chi connectivity index (χ0v) is 47.6. The molecule has 0 saturated carbocycles. The van der Waals surface area contributed by atoms with Gasteiger partial charge in [0.15, 0.2) is 41.0 Å². The smallest absolute Gasteiger partial charge is 0.857 e. The maximum absolute atomic E-state index is 13.7. The molecule has 0 radical (unpaired) electrons. The van der Waals surface area contributed by atoms with Crippen LogP contribution in [-0.4, -0.2) is 88.3 Å². The Morgan fingerprint density at radius 2 is 0.987 bits per heavy atom. The fourth-order valence-corrected chi connectivity index (χ4v) is 12.1. The Kier molecular flexibility index (Phi) is 23.0. The van der Waals surface area contributed by atoms with Crippen LogP contribution < -0.4 is 34.7 Å². The number of aliphatic hydroxyl groups is 3. The third-order valence-electron chi connectivity index (χ3n) is 12.5. The molecule has 2 aromatic heterocycles. The maximum Gasteiger partial charge on any atom is 1.00 e. The number of halogens is 6. The van der Waals surface area contributed by atoms with Gasteiger partial charge in [-0.25, -0.2) is 26.3 Å². The second kappa shape index (κ2) is 27.7. The van der Waals surface area contributed by atoms with Crippen molar-refractivity contribution in [3.63, 3.8) is 0 Å². The molecule has 2 saturated heterocycles. The predicted octanol–water partition coefficient (Wildman–Crippen LogP) is 7.55. The second-order valence-corrected chi connectivity index (χ2v) is 21.8. The topological polar surface area (TPSA) is 155 Å². The first-order valence-electron chi connectivity index (χ1n) is 23.0. The van der Waals surface area contributed by atoms with Crippen LogP contribution in [0.2, 0.25) is 0 Å². The summed E-state index contributed by atoms with van der Waals surface area (Å²) in [6.07, 6.45) is -1.79. The Hall–Kier alpha value is -3.74. The summed E-state index contributed by atoms with van der Waals surface area (Å²) in [5, 5.41) is 39.1. The number of hydrogen-bond acceptors (Lipinski definition) is 14. The van der Waals surface area contributed by atoms with E-state index in [4.69, 9.17) is 24.1 Å². The molecule has 75 heavy (non-hydrogen) atoms. The van der Waals surface area contributed by atoms with Crippen LogP contribution in [-0.2, 0) is 41.4 Å². The second-order valence-electron chi connectivity index (χ2n) is 17.6. The van der Waals surface area contributed by atoms with Crippen molar-refractivity contribution in [2.75, 3.05) is 19.6 Å². The van der Waals surface area contributed by atoms with E-state index in [2.05, 4.69) is 0 Å². The predicted molar refractivity (Wildman–Crippen MR) is 274 cm³/mol. The van der Waals surface area contributed by atoms with Crippen LogP contribution in [0.1, 0.15) is 76.1 Å². The van der Waals surface area contributed by atoms with Crippen LogP contribution in [0.15, 0.2) is 84.9 Å². The molecular weight excluding hydrogens is 1070 g/mol. The van der Waals surface area contributed by atoms with E-state index in [0.717, 1.165) is 68.9 Å². The quantitative estimate of drug-likeness (QED) is 0.0480. The Morgan fingerprint density at radius 1 is 0.587 bits per heavy atom. The molecule has 0 bridgehead atoms. The van der Waals surface area contributed by atoms with Crippen LogP contribution in [0.3, 0.4) is 0 Å². The van der Waals surface area contributed by atoms with Gasteiger partial charge >= 0.3 is 41.5 Å². The minimum Gasteiger partial charge on any atom is -0.857 e. The number of aliphatic hydroxyl groups excluding tert-OH is 3. The molecule has 10 atom stereocenters. The number of thioether (sulfide) groups is 2. The Morgan fingerprint density at radius 3 is 1.40 bits per heavy atom. The summed E-state index contributed by atoms with van der Waals surface area (Å²) < 4.78 is 105. The van der Waals surface area contributed by atoms with Crippen molar-refractivity contribution in [3.8, 4) is 20.9 Å². The van der Waals surface area contributed by atoms with Gasteiger partial charge in [0.2, 0.25) is 0 Å². The Balaban J connectivity index is 0.000000268. The van der Waals surface area contributed by atoms with Crippen molar-refractivity contribution in [1.82, 2.24) is 0 Å². The monoisotopic (exact) mass is 1130 g/mol. The molecule has 8 rings (SSSR count). The summed E-state index contributed by atoms with van der Waals surface area (Å²) >= 11 is 5.35. The van der Waals surface area contributed by atoms with Crippen LogP contribution in [0.25, 0.3) is 20.9 Å². The van der Waals surface area contributed by atoms with Gasteiger partial charge in [0.25, 0.3) is 0 Å². The van der Waals surface area contributed by atoms with Gasteiger partial charge in [-0.2, -0.15) is 7.11 Å². The van der Waals surface area contributed by atoms with E-state index >= 15 is 0 Å². The largest absolute Gasteiger partial charge is 1.00 e. The maximum atomic E-state index is 13.7. The third kappa shape index (κ3) is 14.9. The first kappa shape index (κ1) is 62.1. The van der Waals surface area contributed by atoms with E-state index in [-0.39, 0.29) is 46.6 Å². The number of esters is 2. The van der Waals surface area contributed by atoms with Crippen LogP contribution in [0.5, 0.6) is 0 Å². The molecule has 2 aliphatic heterocycles. The van der Waals surface area contributed by atoms with E-state index < -0.39 is 100 Å². The van der Waals surface area contributed by atoms with E-state index in [0.29, 0.717) is 28.2 Å². The molecule has 4 aromatic carbocycles. The Labute approximate surface area is 470 Å². The van der Waals surface area contributed by atoms with Crippen LogP contribution in [0.4, 0.5) is 26.3 Å². The SMILES string of the molecule is CS[C@H]1OC(c2ccc(C)c(Cc3ccc(-c4cc(F)c(F)c(F)c4)s3)c2)[C@H](C)[C@@H](OC(C)=O)[C@@H]1OC(C)=O.CS[C@H]1OC(c2ccc(C)c(Cc3ccc(-c4cc(F)c(F)c(F)c4)s3)c2)[C@H](O)[C@@H](O)[C@@H]1O.C[O-].[Na+]. The van der Waals surface area contributed by atoms with E-state index in [1.54, 1.807) is 18.4 Å². The average molecular weight is 1130 g/mol. The number of rotatable bonds is 12. The van der Waals surface area contributed by atoms with Crippen molar-refractivity contribution >= 4 is 58.1 Å². The number of carbonyl (C=O) groups is 2. The molecule has 398 valence electrons. The van der Waals surface area contributed by atoms with Crippen molar-refractivity contribution < 1.29 is 105 Å². The minimum atomic E-state index is -1.49. The zero-order valence-electron chi connectivity index (χ0n) is 42.4. The average Bonchev–Trinajstić information content (AvgIpc) is 4.05. The number of thiophene rings is 2. The molecule has 4 heterocycles.